The van der Waals surface area contributed by atoms with Crippen molar-refractivity contribution in [1.29, 1.82) is 0 Å². The molecule has 0 aliphatic carbocycles. The van der Waals surface area contributed by atoms with Crippen LogP contribution >= 0.6 is 11.6 Å². The predicted octanol–water partition coefficient (Wildman–Crippen LogP) is 3.53. The van der Waals surface area contributed by atoms with Gasteiger partial charge in [0.25, 0.3) is 0 Å². The molecule has 0 radical (unpaired) electrons. The first kappa shape index (κ1) is 19.5. The van der Waals surface area contributed by atoms with Crippen molar-refractivity contribution in [1.82, 2.24) is 10.4 Å². The summed E-state index contributed by atoms with van der Waals surface area (Å²) in [4.78, 5) is 15.9. The van der Waals surface area contributed by atoms with Gasteiger partial charge in [0.2, 0.25) is 0 Å². The van der Waals surface area contributed by atoms with Gasteiger partial charge in [-0.15, -0.1) is 0 Å². The Morgan fingerprint density at radius 2 is 2.16 bits per heavy atom. The minimum Gasteiger partial charge on any atom is -0.497 e. The molecule has 0 saturated carbocycles. The van der Waals surface area contributed by atoms with Gasteiger partial charge < -0.3 is 9.47 Å². The van der Waals surface area contributed by atoms with Crippen molar-refractivity contribution in [3.8, 4) is 0 Å². The number of carbonyl (C=O) groups excluding carboxylic acids is 1. The van der Waals surface area contributed by atoms with Crippen LogP contribution in [-0.4, -0.2) is 38.9 Å². The Morgan fingerprint density at radius 3 is 2.80 bits per heavy atom. The second-order valence-corrected chi connectivity index (χ2v) is 12.6. The minimum absolute atomic E-state index is 0.104. The zero-order chi connectivity index (χ0) is 18.4. The maximum Gasteiger partial charge on any atom is 0.341 e. The molecule has 0 fully saturated rings. The van der Waals surface area contributed by atoms with Gasteiger partial charge in [-0.2, -0.15) is 0 Å². The third kappa shape index (κ3) is 5.88. The number of ether oxygens (including phenoxy) is 2. The average Bonchev–Trinajstić information content (AvgIpc) is 2.52. The van der Waals surface area contributed by atoms with Gasteiger partial charge >= 0.3 is 5.97 Å². The third-order valence-corrected chi connectivity index (χ3v) is 4.62. The molecule has 2 rings (SSSR count). The molecule has 8 heteroatoms. The number of allylic oxidation sites excluding steroid dienone is 1. The molecular weight excluding hydrogens is 358 g/mol. The van der Waals surface area contributed by atoms with Crippen LogP contribution in [0.15, 0.2) is 36.2 Å². The maximum atomic E-state index is 11.6. The Hall–Kier alpha value is -1.83. The van der Waals surface area contributed by atoms with E-state index in [0.29, 0.717) is 5.82 Å². The van der Waals surface area contributed by atoms with E-state index >= 15 is 0 Å². The highest BCUT2D eigenvalue weighted by Crippen LogP contribution is 2.20. The number of esters is 1. The van der Waals surface area contributed by atoms with E-state index in [1.807, 2.05) is 12.3 Å². The largest absolute Gasteiger partial charge is 0.497 e. The molecule has 0 bridgehead atoms. The Bertz CT molecular complexity index is 686. The highest BCUT2D eigenvalue weighted by molar-refractivity contribution is 6.76. The summed E-state index contributed by atoms with van der Waals surface area (Å²) in [7, 11) is 0.0299. The highest BCUT2D eigenvalue weighted by Gasteiger charge is 2.16. The molecule has 0 saturated heterocycles. The van der Waals surface area contributed by atoms with E-state index in [1.54, 1.807) is 17.1 Å². The monoisotopic (exact) mass is 381 g/mol. The summed E-state index contributed by atoms with van der Waals surface area (Å²) in [6.45, 7) is 7.52. The van der Waals surface area contributed by atoms with E-state index in [9.17, 15) is 4.79 Å². The maximum absolute atomic E-state index is 11.6. The van der Waals surface area contributed by atoms with Crippen molar-refractivity contribution < 1.29 is 14.3 Å². The fraction of sp³-hybridized carbons (Fsp3) is 0.412. The lowest BCUT2D eigenvalue weighted by atomic mass is 10.3. The number of aromatic nitrogens is 1. The molecule has 1 aromatic heterocycles. The molecule has 1 aliphatic rings. The quantitative estimate of drug-likeness (QED) is 0.478. The number of methoxy groups -OCH3 is 1. The molecule has 136 valence electrons. The van der Waals surface area contributed by atoms with E-state index in [4.69, 9.17) is 16.3 Å². The number of rotatable bonds is 5. The van der Waals surface area contributed by atoms with Crippen LogP contribution in [0, 0.1) is 0 Å². The van der Waals surface area contributed by atoms with E-state index in [0.717, 1.165) is 25.0 Å². The first-order valence-electron chi connectivity index (χ1n) is 8.09. The van der Waals surface area contributed by atoms with Crippen LogP contribution in [0.4, 0.5) is 5.82 Å². The molecule has 1 aliphatic heterocycles. The van der Waals surface area contributed by atoms with E-state index < -0.39 is 14.0 Å². The number of nitrogens with one attached hydrogen (secondary N) is 1. The van der Waals surface area contributed by atoms with Crippen LogP contribution in [0.2, 0.25) is 24.8 Å². The topological polar surface area (TPSA) is 63.7 Å². The summed E-state index contributed by atoms with van der Waals surface area (Å²) in [6, 6.07) is 3.31. The van der Waals surface area contributed by atoms with Gasteiger partial charge in [0.15, 0.2) is 0 Å². The van der Waals surface area contributed by atoms with Crippen LogP contribution in [0.5, 0.6) is 0 Å². The van der Waals surface area contributed by atoms with Crippen LogP contribution in [0.3, 0.4) is 0 Å². The summed E-state index contributed by atoms with van der Waals surface area (Å²) in [6.07, 6.45) is 7.41. The number of hydrazine groups is 1. The number of pyridine rings is 1. The summed E-state index contributed by atoms with van der Waals surface area (Å²) >= 11 is 6.10. The SMILES string of the molecule is COC(=O)c1ccc(N2/C=C\C(OC[Si](C)(C)C)=C\CCN2)nc1Cl. The molecule has 0 atom stereocenters. The van der Waals surface area contributed by atoms with Crippen LogP contribution in [-0.2, 0) is 9.47 Å². The molecule has 0 spiro atoms. The van der Waals surface area contributed by atoms with Crippen molar-refractivity contribution in [3.63, 3.8) is 0 Å². The van der Waals surface area contributed by atoms with Crippen molar-refractivity contribution in [2.75, 3.05) is 24.9 Å². The first-order valence-corrected chi connectivity index (χ1v) is 12.2. The number of carbonyl (C=O) groups is 1. The molecule has 1 N–H and O–H groups in total. The molecule has 6 nitrogen and oxygen atoms in total. The lowest BCUT2D eigenvalue weighted by Crippen LogP contribution is -2.35. The van der Waals surface area contributed by atoms with Crippen molar-refractivity contribution in [3.05, 3.63) is 47.0 Å². The normalized spacial score (nSPS) is 18.6. The molecule has 0 unspecified atom stereocenters. The Labute approximate surface area is 154 Å². The fourth-order valence-electron chi connectivity index (χ4n) is 2.05. The number of hydrogen-bond donors (Lipinski definition) is 1. The molecule has 0 amide bonds. The summed E-state index contributed by atoms with van der Waals surface area (Å²) in [5.74, 6) is 0.928. The van der Waals surface area contributed by atoms with Crippen molar-refractivity contribution in [2.24, 2.45) is 0 Å². The first-order chi connectivity index (χ1) is 11.8. The number of hydrogen-bond acceptors (Lipinski definition) is 6. The van der Waals surface area contributed by atoms with E-state index in [-0.39, 0.29) is 10.7 Å². The second-order valence-electron chi connectivity index (χ2n) is 6.84. The third-order valence-electron chi connectivity index (χ3n) is 3.32. The number of halogens is 1. The average molecular weight is 382 g/mol. The van der Waals surface area contributed by atoms with Crippen LogP contribution in [0.25, 0.3) is 0 Å². The summed E-state index contributed by atoms with van der Waals surface area (Å²) in [5.41, 5.74) is 3.48. The molecule has 25 heavy (non-hydrogen) atoms. The van der Waals surface area contributed by atoms with Gasteiger partial charge in [-0.1, -0.05) is 31.2 Å². The number of anilines is 1. The van der Waals surface area contributed by atoms with Gasteiger partial charge in [0.1, 0.15) is 16.7 Å². The van der Waals surface area contributed by atoms with Gasteiger partial charge in [0, 0.05) is 12.7 Å². The minimum atomic E-state index is -1.28. The Morgan fingerprint density at radius 1 is 1.40 bits per heavy atom. The Balaban J connectivity index is 2.14. The van der Waals surface area contributed by atoms with E-state index in [2.05, 4.69) is 40.9 Å². The lowest BCUT2D eigenvalue weighted by molar-refractivity contribution is 0.0600. The van der Waals surface area contributed by atoms with Crippen molar-refractivity contribution in [2.45, 2.75) is 26.1 Å². The lowest BCUT2D eigenvalue weighted by Gasteiger charge is -2.23. The van der Waals surface area contributed by atoms with E-state index in [1.165, 1.54) is 7.11 Å². The zero-order valence-corrected chi connectivity index (χ0v) is 16.8. The van der Waals surface area contributed by atoms with Gasteiger partial charge in [-0.05, 0) is 30.7 Å². The zero-order valence-electron chi connectivity index (χ0n) is 15.0. The van der Waals surface area contributed by atoms with Gasteiger partial charge in [0.05, 0.1) is 27.0 Å². The standard InChI is InChI=1S/C17H24ClN3O3Si/c1-23-17(22)14-7-8-15(20-16(14)18)21-11-9-13(6-5-10-19-21)24-12-25(2,3)4/h6-9,11,19H,5,10,12H2,1-4H3/b11-9-,13-6-. The molecular formula is C17H24ClN3O3Si. The summed E-state index contributed by atoms with van der Waals surface area (Å²) < 4.78 is 10.6. The van der Waals surface area contributed by atoms with Crippen LogP contribution < -0.4 is 10.4 Å². The van der Waals surface area contributed by atoms with Crippen molar-refractivity contribution >= 4 is 31.5 Å². The fourth-order valence-corrected chi connectivity index (χ4v) is 2.88. The molecule has 0 aromatic carbocycles. The van der Waals surface area contributed by atoms with Gasteiger partial charge in [-0.3, -0.25) is 5.01 Å². The smallest absolute Gasteiger partial charge is 0.341 e. The Kier molecular flexibility index (Phi) is 6.63. The van der Waals surface area contributed by atoms with Crippen LogP contribution in [0.1, 0.15) is 16.8 Å². The summed E-state index contributed by atoms with van der Waals surface area (Å²) in [5, 5.41) is 1.87. The predicted molar refractivity (Wildman–Crippen MR) is 102 cm³/mol. The highest BCUT2D eigenvalue weighted by atomic mass is 35.5. The second kappa shape index (κ2) is 8.51. The molecule has 1 aromatic rings. The number of nitrogens with zero attached hydrogens (tertiary/aromatic N) is 2. The van der Waals surface area contributed by atoms with Gasteiger partial charge in [-0.25, -0.2) is 15.2 Å². The molecule has 2 heterocycles.